The van der Waals surface area contributed by atoms with E-state index in [9.17, 15) is 14.6 Å². The van der Waals surface area contributed by atoms with Gasteiger partial charge in [-0.05, 0) is 56.2 Å². The number of halogens is 1. The summed E-state index contributed by atoms with van der Waals surface area (Å²) in [5.41, 5.74) is -1.54. The summed E-state index contributed by atoms with van der Waals surface area (Å²) in [6, 6.07) is 3.61. The van der Waals surface area contributed by atoms with Gasteiger partial charge in [0.05, 0.1) is 12.6 Å². The van der Waals surface area contributed by atoms with Gasteiger partial charge in [-0.15, -0.1) is 10.2 Å². The summed E-state index contributed by atoms with van der Waals surface area (Å²) in [4.78, 5) is 19.7. The number of aromatic nitrogens is 6. The number of nitrogens with one attached hydrogen (secondary N) is 1. The van der Waals surface area contributed by atoms with E-state index in [4.69, 9.17) is 4.42 Å². The summed E-state index contributed by atoms with van der Waals surface area (Å²) in [5, 5.41) is 33.1. The molecule has 4 aromatic rings. The average molecular weight is 523 g/mol. The second kappa shape index (κ2) is 9.52. The third-order valence-corrected chi connectivity index (χ3v) is 6.62. The quantitative estimate of drug-likeness (QED) is 0.339. The molecule has 12 heteroatoms. The molecule has 1 fully saturated rings. The molecule has 0 unspecified atom stereocenters. The van der Waals surface area contributed by atoms with Crippen molar-refractivity contribution in [1.29, 1.82) is 0 Å². The van der Waals surface area contributed by atoms with Crippen molar-refractivity contribution in [1.82, 2.24) is 30.1 Å². The van der Waals surface area contributed by atoms with E-state index in [0.717, 1.165) is 16.3 Å². The highest BCUT2D eigenvalue weighted by Crippen LogP contribution is 2.34. The average Bonchev–Trinajstić information content (AvgIpc) is 3.36. The summed E-state index contributed by atoms with van der Waals surface area (Å²) >= 11 is 0. The molecular weight excluding hydrogens is 491 g/mol. The maximum absolute atomic E-state index is 14.7. The molecule has 1 aliphatic heterocycles. The van der Waals surface area contributed by atoms with Gasteiger partial charge in [0.2, 0.25) is 11.8 Å². The normalized spacial score (nSPS) is 20.3. The zero-order chi connectivity index (χ0) is 27.2. The maximum Gasteiger partial charge on any atom is 0.267 e. The van der Waals surface area contributed by atoms with Gasteiger partial charge < -0.3 is 24.8 Å². The summed E-state index contributed by atoms with van der Waals surface area (Å²) in [6.45, 7) is 9.14. The minimum absolute atomic E-state index is 0.00419. The molecule has 0 amide bonds. The SMILES string of the molecule is CC(C)c1cnc(-c2nnc(C(C)(C)O)o2)c2cnc(Nc3ccnc(N4CC[C@@H](O)[C@@](C)(F)C4)n3)cc12. The zero-order valence-electron chi connectivity index (χ0n) is 22.0. The maximum atomic E-state index is 14.7. The molecule has 0 radical (unpaired) electrons. The first-order valence-corrected chi connectivity index (χ1v) is 12.5. The van der Waals surface area contributed by atoms with Gasteiger partial charge in [-0.3, -0.25) is 4.98 Å². The van der Waals surface area contributed by atoms with Crippen molar-refractivity contribution in [3.63, 3.8) is 0 Å². The van der Waals surface area contributed by atoms with Crippen LogP contribution in [-0.4, -0.2) is 65.2 Å². The molecule has 200 valence electrons. The number of piperidine rings is 1. The summed E-state index contributed by atoms with van der Waals surface area (Å²) < 4.78 is 20.4. The van der Waals surface area contributed by atoms with Crippen LogP contribution < -0.4 is 10.2 Å². The fourth-order valence-corrected chi connectivity index (χ4v) is 4.43. The molecule has 1 saturated heterocycles. The van der Waals surface area contributed by atoms with Crippen LogP contribution in [0.25, 0.3) is 22.4 Å². The first-order valence-electron chi connectivity index (χ1n) is 12.5. The van der Waals surface area contributed by atoms with Crippen molar-refractivity contribution in [3.8, 4) is 11.6 Å². The second-order valence-corrected chi connectivity index (χ2v) is 10.7. The van der Waals surface area contributed by atoms with E-state index in [1.54, 1.807) is 43.4 Å². The summed E-state index contributed by atoms with van der Waals surface area (Å²) in [5.74, 6) is 1.89. The Bertz CT molecular complexity index is 1470. The number of aliphatic hydroxyl groups is 2. The lowest BCUT2D eigenvalue weighted by molar-refractivity contribution is -0.00860. The molecule has 38 heavy (non-hydrogen) atoms. The third-order valence-electron chi connectivity index (χ3n) is 6.62. The van der Waals surface area contributed by atoms with Crippen LogP contribution >= 0.6 is 0 Å². The first kappa shape index (κ1) is 25.9. The number of nitrogens with zero attached hydrogens (tertiary/aromatic N) is 7. The molecule has 5 rings (SSSR count). The summed E-state index contributed by atoms with van der Waals surface area (Å²) in [6.07, 6.45) is 4.35. The van der Waals surface area contributed by atoms with Gasteiger partial charge in [0, 0.05) is 30.5 Å². The van der Waals surface area contributed by atoms with E-state index in [2.05, 4.69) is 49.3 Å². The fraction of sp³-hybridized carbons (Fsp3) is 0.462. The smallest absolute Gasteiger partial charge is 0.267 e. The van der Waals surface area contributed by atoms with Crippen molar-refractivity contribution in [2.45, 2.75) is 64.3 Å². The Kier molecular flexibility index (Phi) is 6.48. The standard InChI is InChI=1S/C26H31FN8O3/c1-14(2)16-11-30-21(22-33-34-23(38-22)25(3,4)37)17-12-29-20(10-15(16)17)31-19-6-8-28-24(32-19)35-9-7-18(36)26(5,27)13-35/h6,8,10-12,14,18,36-37H,7,9,13H2,1-5H3,(H,28,29,31,32)/t18-,26+/m1/s1. The van der Waals surface area contributed by atoms with Crippen LogP contribution in [0, 0.1) is 0 Å². The minimum atomic E-state index is -1.74. The zero-order valence-corrected chi connectivity index (χ0v) is 22.0. The third kappa shape index (κ3) is 5.01. The highest BCUT2D eigenvalue weighted by atomic mass is 19.1. The van der Waals surface area contributed by atoms with Gasteiger partial charge in [-0.25, -0.2) is 14.4 Å². The lowest BCUT2D eigenvalue weighted by atomic mass is 9.94. The number of alkyl halides is 1. The molecule has 3 N–H and O–H groups in total. The highest BCUT2D eigenvalue weighted by Gasteiger charge is 2.39. The van der Waals surface area contributed by atoms with Crippen molar-refractivity contribution < 1.29 is 19.0 Å². The molecule has 5 heterocycles. The number of fused-ring (bicyclic) bond motifs is 1. The topological polar surface area (TPSA) is 146 Å². The highest BCUT2D eigenvalue weighted by molar-refractivity contribution is 5.96. The van der Waals surface area contributed by atoms with Crippen molar-refractivity contribution >= 4 is 28.4 Å². The largest absolute Gasteiger partial charge is 0.416 e. The lowest BCUT2D eigenvalue weighted by Crippen LogP contribution is -2.52. The Balaban J connectivity index is 1.47. The van der Waals surface area contributed by atoms with Crippen molar-refractivity contribution in [2.24, 2.45) is 0 Å². The predicted octanol–water partition coefficient (Wildman–Crippen LogP) is 3.86. The Morgan fingerprint density at radius 3 is 2.63 bits per heavy atom. The number of anilines is 3. The van der Waals surface area contributed by atoms with E-state index in [-0.39, 0.29) is 24.2 Å². The fourth-order valence-electron chi connectivity index (χ4n) is 4.43. The Labute approximate surface area is 219 Å². The van der Waals surface area contributed by atoms with Crippen LogP contribution in [0.5, 0.6) is 0 Å². The van der Waals surface area contributed by atoms with Gasteiger partial charge in [-0.1, -0.05) is 13.8 Å². The van der Waals surface area contributed by atoms with Crippen LogP contribution in [0.4, 0.5) is 22.0 Å². The molecule has 0 aliphatic carbocycles. The number of rotatable bonds is 6. The Morgan fingerprint density at radius 1 is 1.16 bits per heavy atom. The molecule has 4 aromatic heterocycles. The van der Waals surface area contributed by atoms with E-state index in [0.29, 0.717) is 36.2 Å². The molecular formula is C26H31FN8O3. The molecule has 0 saturated carbocycles. The number of hydrogen-bond donors (Lipinski definition) is 3. The van der Waals surface area contributed by atoms with Gasteiger partial charge in [0.15, 0.2) is 5.67 Å². The molecule has 1 aliphatic rings. The van der Waals surface area contributed by atoms with E-state index in [1.165, 1.54) is 6.92 Å². The van der Waals surface area contributed by atoms with Crippen LogP contribution in [0.3, 0.4) is 0 Å². The number of aliphatic hydroxyl groups excluding tert-OH is 1. The Morgan fingerprint density at radius 2 is 1.95 bits per heavy atom. The van der Waals surface area contributed by atoms with Crippen LogP contribution in [-0.2, 0) is 5.60 Å². The van der Waals surface area contributed by atoms with E-state index in [1.807, 2.05) is 6.07 Å². The van der Waals surface area contributed by atoms with Crippen LogP contribution in [0.2, 0.25) is 0 Å². The van der Waals surface area contributed by atoms with Crippen LogP contribution in [0.15, 0.2) is 35.1 Å². The number of pyridine rings is 2. The first-order chi connectivity index (χ1) is 17.9. The van der Waals surface area contributed by atoms with Crippen molar-refractivity contribution in [2.75, 3.05) is 23.3 Å². The molecule has 0 bridgehead atoms. The van der Waals surface area contributed by atoms with Gasteiger partial charge in [0.25, 0.3) is 5.89 Å². The van der Waals surface area contributed by atoms with E-state index >= 15 is 0 Å². The van der Waals surface area contributed by atoms with Crippen molar-refractivity contribution in [3.05, 3.63) is 42.2 Å². The van der Waals surface area contributed by atoms with Gasteiger partial charge in [0.1, 0.15) is 22.9 Å². The summed E-state index contributed by atoms with van der Waals surface area (Å²) in [7, 11) is 0. The Hall–Kier alpha value is -3.77. The van der Waals surface area contributed by atoms with Gasteiger partial charge >= 0.3 is 0 Å². The van der Waals surface area contributed by atoms with E-state index < -0.39 is 17.4 Å². The molecule has 0 aromatic carbocycles. The van der Waals surface area contributed by atoms with Gasteiger partial charge in [-0.2, -0.15) is 4.98 Å². The monoisotopic (exact) mass is 522 g/mol. The predicted molar refractivity (Wildman–Crippen MR) is 140 cm³/mol. The lowest BCUT2D eigenvalue weighted by Gasteiger charge is -2.38. The molecule has 0 spiro atoms. The molecule has 11 nitrogen and oxygen atoms in total. The number of hydrogen-bond acceptors (Lipinski definition) is 11. The van der Waals surface area contributed by atoms with Crippen LogP contribution in [0.1, 0.15) is 58.4 Å². The molecule has 2 atom stereocenters. The second-order valence-electron chi connectivity index (χ2n) is 10.7. The minimum Gasteiger partial charge on any atom is -0.416 e.